The maximum atomic E-state index is 12.7. The first-order valence-electron chi connectivity index (χ1n) is 9.52. The number of hydrogen-bond acceptors (Lipinski definition) is 4. The lowest BCUT2D eigenvalue weighted by Gasteiger charge is -2.25. The highest BCUT2D eigenvalue weighted by molar-refractivity contribution is 5.81. The van der Waals surface area contributed by atoms with Crippen LogP contribution in [-0.2, 0) is 11.2 Å². The molecule has 2 atom stereocenters. The van der Waals surface area contributed by atoms with Crippen LogP contribution in [0.15, 0.2) is 53.3 Å². The minimum Gasteiger partial charge on any atom is -0.392 e. The first kappa shape index (κ1) is 18.5. The zero-order valence-electron chi connectivity index (χ0n) is 15.5. The van der Waals surface area contributed by atoms with Crippen molar-refractivity contribution >= 4 is 16.9 Å². The van der Waals surface area contributed by atoms with E-state index in [-0.39, 0.29) is 30.2 Å². The molecule has 1 aromatic heterocycles. The Kier molecular flexibility index (Phi) is 5.27. The third-order valence-electron chi connectivity index (χ3n) is 5.17. The summed E-state index contributed by atoms with van der Waals surface area (Å²) >= 11 is 0. The molecule has 0 radical (unpaired) electrons. The number of aromatic amines is 2. The van der Waals surface area contributed by atoms with E-state index in [0.29, 0.717) is 18.6 Å². The molecule has 7 heteroatoms. The number of fused-ring (bicyclic) bond motifs is 1. The molecule has 1 aliphatic rings. The molecule has 4 N–H and O–H groups in total. The lowest BCUT2D eigenvalue weighted by Crippen LogP contribution is -2.38. The van der Waals surface area contributed by atoms with E-state index in [2.05, 4.69) is 20.2 Å². The molecule has 0 spiro atoms. The van der Waals surface area contributed by atoms with Crippen molar-refractivity contribution in [3.8, 4) is 0 Å². The SMILES string of the molecule is O=C(Cc1ccc2[nH]c(=O)[nH]c2c1)N[C@H](CN1CCC(O)C1)c1ccccc1. The van der Waals surface area contributed by atoms with Gasteiger partial charge < -0.3 is 20.4 Å². The molecule has 1 fully saturated rings. The van der Waals surface area contributed by atoms with Gasteiger partial charge in [0.05, 0.1) is 29.6 Å². The number of aliphatic hydroxyl groups is 1. The van der Waals surface area contributed by atoms with Crippen molar-refractivity contribution in [3.63, 3.8) is 0 Å². The number of imidazole rings is 1. The van der Waals surface area contributed by atoms with E-state index in [1.807, 2.05) is 42.5 Å². The lowest BCUT2D eigenvalue weighted by atomic mass is 10.1. The van der Waals surface area contributed by atoms with Crippen LogP contribution in [0.25, 0.3) is 11.0 Å². The fourth-order valence-corrected chi connectivity index (χ4v) is 3.78. The highest BCUT2D eigenvalue weighted by Gasteiger charge is 2.24. The highest BCUT2D eigenvalue weighted by Crippen LogP contribution is 2.18. The summed E-state index contributed by atoms with van der Waals surface area (Å²) in [6.45, 7) is 2.13. The summed E-state index contributed by atoms with van der Waals surface area (Å²) < 4.78 is 0. The number of hydrogen-bond donors (Lipinski definition) is 4. The van der Waals surface area contributed by atoms with E-state index in [4.69, 9.17) is 0 Å². The van der Waals surface area contributed by atoms with Gasteiger partial charge >= 0.3 is 5.69 Å². The van der Waals surface area contributed by atoms with Crippen LogP contribution >= 0.6 is 0 Å². The van der Waals surface area contributed by atoms with Gasteiger partial charge in [0.2, 0.25) is 5.91 Å². The molecule has 1 amide bonds. The van der Waals surface area contributed by atoms with Crippen LogP contribution in [0.4, 0.5) is 0 Å². The maximum Gasteiger partial charge on any atom is 0.323 e. The number of aliphatic hydroxyl groups excluding tert-OH is 1. The summed E-state index contributed by atoms with van der Waals surface area (Å²) in [4.78, 5) is 31.7. The van der Waals surface area contributed by atoms with Crippen molar-refractivity contribution in [2.75, 3.05) is 19.6 Å². The normalized spacial score (nSPS) is 18.4. The molecule has 0 bridgehead atoms. The third kappa shape index (κ3) is 4.32. The summed E-state index contributed by atoms with van der Waals surface area (Å²) in [6.07, 6.45) is 0.710. The van der Waals surface area contributed by atoms with Crippen LogP contribution in [0.2, 0.25) is 0 Å². The number of H-pyrrole nitrogens is 2. The molecule has 28 heavy (non-hydrogen) atoms. The number of likely N-dealkylation sites (tertiary alicyclic amines) is 1. The molecule has 2 heterocycles. The topological polar surface area (TPSA) is 101 Å². The number of nitrogens with one attached hydrogen (secondary N) is 3. The zero-order chi connectivity index (χ0) is 19.5. The largest absolute Gasteiger partial charge is 0.392 e. The van der Waals surface area contributed by atoms with E-state index >= 15 is 0 Å². The molecule has 2 aromatic carbocycles. The number of β-amino-alcohol motifs (C(OH)–C–C–N with tert-alkyl or cyclic N) is 1. The molecular formula is C21H24N4O3. The monoisotopic (exact) mass is 380 g/mol. The molecule has 1 saturated heterocycles. The lowest BCUT2D eigenvalue weighted by molar-refractivity contribution is -0.121. The molecule has 1 unspecified atom stereocenters. The summed E-state index contributed by atoms with van der Waals surface area (Å²) in [5.74, 6) is -0.0779. The fraction of sp³-hybridized carbons (Fsp3) is 0.333. The second-order valence-corrected chi connectivity index (χ2v) is 7.37. The second kappa shape index (κ2) is 8.00. The predicted octanol–water partition coefficient (Wildman–Crippen LogP) is 1.32. The molecule has 0 saturated carbocycles. The van der Waals surface area contributed by atoms with Gasteiger partial charge in [-0.1, -0.05) is 36.4 Å². The zero-order valence-corrected chi connectivity index (χ0v) is 15.5. The average Bonchev–Trinajstić information content (AvgIpc) is 3.25. The Labute approximate surface area is 162 Å². The van der Waals surface area contributed by atoms with Crippen LogP contribution in [0.1, 0.15) is 23.6 Å². The molecule has 7 nitrogen and oxygen atoms in total. The van der Waals surface area contributed by atoms with E-state index in [0.717, 1.165) is 29.6 Å². The third-order valence-corrected chi connectivity index (χ3v) is 5.17. The predicted molar refractivity (Wildman–Crippen MR) is 107 cm³/mol. The smallest absolute Gasteiger partial charge is 0.323 e. The van der Waals surface area contributed by atoms with Crippen LogP contribution in [0.3, 0.4) is 0 Å². The van der Waals surface area contributed by atoms with Gasteiger partial charge in [0, 0.05) is 19.6 Å². The summed E-state index contributed by atoms with van der Waals surface area (Å²) in [7, 11) is 0. The summed E-state index contributed by atoms with van der Waals surface area (Å²) in [6, 6.07) is 15.2. The minimum atomic E-state index is -0.289. The Bertz CT molecular complexity index is 1010. The number of benzene rings is 2. The van der Waals surface area contributed by atoms with Crippen molar-refractivity contribution in [1.82, 2.24) is 20.2 Å². The van der Waals surface area contributed by atoms with Crippen LogP contribution < -0.4 is 11.0 Å². The van der Waals surface area contributed by atoms with Crippen molar-refractivity contribution in [3.05, 3.63) is 70.1 Å². The van der Waals surface area contributed by atoms with E-state index < -0.39 is 0 Å². The molecule has 1 aliphatic heterocycles. The minimum absolute atomic E-state index is 0.0779. The Morgan fingerprint density at radius 3 is 2.71 bits per heavy atom. The Morgan fingerprint density at radius 1 is 1.18 bits per heavy atom. The van der Waals surface area contributed by atoms with Gasteiger partial charge in [0.1, 0.15) is 0 Å². The summed E-state index contributed by atoms with van der Waals surface area (Å²) in [5.41, 5.74) is 3.05. The van der Waals surface area contributed by atoms with E-state index in [1.54, 1.807) is 6.07 Å². The van der Waals surface area contributed by atoms with Crippen LogP contribution in [0, 0.1) is 0 Å². The Morgan fingerprint density at radius 2 is 1.96 bits per heavy atom. The van der Waals surface area contributed by atoms with Crippen molar-refractivity contribution in [2.24, 2.45) is 0 Å². The average molecular weight is 380 g/mol. The maximum absolute atomic E-state index is 12.7. The first-order chi connectivity index (χ1) is 13.6. The molecule has 146 valence electrons. The quantitative estimate of drug-likeness (QED) is 0.518. The van der Waals surface area contributed by atoms with Gasteiger partial charge in [0.15, 0.2) is 0 Å². The van der Waals surface area contributed by atoms with Gasteiger partial charge in [-0.3, -0.25) is 9.69 Å². The molecular weight excluding hydrogens is 356 g/mol. The van der Waals surface area contributed by atoms with Gasteiger partial charge in [-0.05, 0) is 29.7 Å². The first-order valence-corrected chi connectivity index (χ1v) is 9.52. The Hall–Kier alpha value is -2.90. The van der Waals surface area contributed by atoms with E-state index in [9.17, 15) is 14.7 Å². The van der Waals surface area contributed by atoms with Gasteiger partial charge in [0.25, 0.3) is 0 Å². The van der Waals surface area contributed by atoms with Crippen molar-refractivity contribution in [2.45, 2.75) is 25.0 Å². The second-order valence-electron chi connectivity index (χ2n) is 7.37. The van der Waals surface area contributed by atoms with Gasteiger partial charge in [-0.15, -0.1) is 0 Å². The van der Waals surface area contributed by atoms with Gasteiger partial charge in [-0.2, -0.15) is 0 Å². The standard InChI is InChI=1S/C21H24N4O3/c26-16-8-9-25(12-16)13-19(15-4-2-1-3-5-15)22-20(27)11-14-6-7-17-18(10-14)24-21(28)23-17/h1-7,10,16,19,26H,8-9,11-13H2,(H,22,27)(H2,23,24,28)/t16?,19-/m1/s1. The molecule has 4 rings (SSSR count). The Balaban J connectivity index is 1.46. The van der Waals surface area contributed by atoms with Crippen molar-refractivity contribution < 1.29 is 9.90 Å². The van der Waals surface area contributed by atoms with Gasteiger partial charge in [-0.25, -0.2) is 4.79 Å². The van der Waals surface area contributed by atoms with Crippen LogP contribution in [0.5, 0.6) is 0 Å². The molecule has 0 aliphatic carbocycles. The number of carbonyl (C=O) groups is 1. The van der Waals surface area contributed by atoms with Crippen molar-refractivity contribution in [1.29, 1.82) is 0 Å². The molecule has 3 aromatic rings. The number of amides is 1. The number of carbonyl (C=O) groups excluding carboxylic acids is 1. The number of nitrogens with zero attached hydrogens (tertiary/aromatic N) is 1. The van der Waals surface area contributed by atoms with Crippen LogP contribution in [-0.4, -0.2) is 51.6 Å². The summed E-state index contributed by atoms with van der Waals surface area (Å²) in [5, 5.41) is 12.9. The number of rotatable bonds is 6. The van der Waals surface area contributed by atoms with E-state index in [1.165, 1.54) is 0 Å². The highest BCUT2D eigenvalue weighted by atomic mass is 16.3. The fourth-order valence-electron chi connectivity index (χ4n) is 3.78. The number of aromatic nitrogens is 2.